The molecule has 1 rings (SSSR count). The fourth-order valence-corrected chi connectivity index (χ4v) is 0.921. The molecule has 2 N–H and O–H groups in total. The van der Waals surface area contributed by atoms with E-state index in [1.165, 1.54) is 11.0 Å². The van der Waals surface area contributed by atoms with Crippen molar-refractivity contribution in [3.8, 4) is 0 Å². The Hall–Kier alpha value is -0.755. The molecule has 2 heteroatoms. The van der Waals surface area contributed by atoms with Crippen LogP contribution in [0.4, 0.5) is 0 Å². The third kappa shape index (κ3) is 1.88. The first-order chi connectivity index (χ1) is 4.83. The maximum Gasteiger partial charge on any atom is 0.139 e. The first kappa shape index (κ1) is 7.35. The van der Waals surface area contributed by atoms with Crippen LogP contribution >= 0.6 is 0 Å². The molecular weight excluding hydrogens is 121 g/mol. The maximum absolute atomic E-state index is 5.40. The van der Waals surface area contributed by atoms with E-state index >= 15 is 0 Å². The highest BCUT2D eigenvalue weighted by molar-refractivity contribution is 6.32. The van der Waals surface area contributed by atoms with Gasteiger partial charge in [0.1, 0.15) is 7.85 Å². The standard InChI is InChI=1S/C8H12BN/c9-8-3-1-7(2-4-8)5-6-10/h1-4H,5-6,9-10H2. The van der Waals surface area contributed by atoms with Gasteiger partial charge in [-0.05, 0) is 18.5 Å². The van der Waals surface area contributed by atoms with Gasteiger partial charge in [0.15, 0.2) is 0 Å². The molecule has 1 nitrogen and oxygen atoms in total. The zero-order chi connectivity index (χ0) is 7.40. The fourth-order valence-electron chi connectivity index (χ4n) is 0.921. The quantitative estimate of drug-likeness (QED) is 0.538. The summed E-state index contributed by atoms with van der Waals surface area (Å²) in [5.41, 5.74) is 8.03. The van der Waals surface area contributed by atoms with E-state index in [0.717, 1.165) is 13.0 Å². The van der Waals surface area contributed by atoms with Gasteiger partial charge in [-0.15, -0.1) is 0 Å². The molecule has 0 aromatic heterocycles. The number of hydrogen-bond acceptors (Lipinski definition) is 1. The van der Waals surface area contributed by atoms with E-state index < -0.39 is 0 Å². The largest absolute Gasteiger partial charge is 0.330 e. The van der Waals surface area contributed by atoms with Gasteiger partial charge in [0.2, 0.25) is 0 Å². The predicted molar refractivity (Wildman–Crippen MR) is 47.4 cm³/mol. The van der Waals surface area contributed by atoms with Gasteiger partial charge in [0.05, 0.1) is 0 Å². The van der Waals surface area contributed by atoms with Gasteiger partial charge in [-0.2, -0.15) is 0 Å². The number of benzene rings is 1. The van der Waals surface area contributed by atoms with Gasteiger partial charge in [-0.3, -0.25) is 0 Å². The Morgan fingerprint density at radius 3 is 2.30 bits per heavy atom. The molecule has 0 aliphatic carbocycles. The van der Waals surface area contributed by atoms with Crippen molar-refractivity contribution in [1.82, 2.24) is 0 Å². The van der Waals surface area contributed by atoms with Crippen LogP contribution < -0.4 is 11.2 Å². The van der Waals surface area contributed by atoms with Crippen molar-refractivity contribution in [2.75, 3.05) is 6.54 Å². The SMILES string of the molecule is Bc1ccc(CCN)cc1. The van der Waals surface area contributed by atoms with Crippen molar-refractivity contribution in [1.29, 1.82) is 0 Å². The molecule has 0 amide bonds. The molecule has 0 aliphatic heterocycles. The molecule has 0 radical (unpaired) electrons. The van der Waals surface area contributed by atoms with Gasteiger partial charge < -0.3 is 5.73 Å². The van der Waals surface area contributed by atoms with Crippen LogP contribution in [-0.2, 0) is 6.42 Å². The molecule has 52 valence electrons. The van der Waals surface area contributed by atoms with Crippen molar-refractivity contribution >= 4 is 13.3 Å². The monoisotopic (exact) mass is 133 g/mol. The zero-order valence-electron chi connectivity index (χ0n) is 6.30. The summed E-state index contributed by atoms with van der Waals surface area (Å²) in [5.74, 6) is 0. The summed E-state index contributed by atoms with van der Waals surface area (Å²) >= 11 is 0. The maximum atomic E-state index is 5.40. The van der Waals surface area contributed by atoms with Gasteiger partial charge in [0.25, 0.3) is 0 Å². The van der Waals surface area contributed by atoms with Crippen molar-refractivity contribution in [3.63, 3.8) is 0 Å². The minimum absolute atomic E-state index is 0.739. The molecule has 0 unspecified atom stereocenters. The van der Waals surface area contributed by atoms with Gasteiger partial charge in [-0.1, -0.05) is 29.7 Å². The highest BCUT2D eigenvalue weighted by atomic mass is 14.5. The molecule has 1 aromatic carbocycles. The Balaban J connectivity index is 2.69. The summed E-state index contributed by atoms with van der Waals surface area (Å²) in [6.07, 6.45) is 0.986. The van der Waals surface area contributed by atoms with Crippen LogP contribution in [0.2, 0.25) is 0 Å². The number of nitrogens with two attached hydrogens (primary N) is 1. The molecule has 0 saturated carbocycles. The van der Waals surface area contributed by atoms with Crippen LogP contribution in [0, 0.1) is 0 Å². The van der Waals surface area contributed by atoms with Crippen molar-refractivity contribution in [2.24, 2.45) is 5.73 Å². The normalized spacial score (nSPS) is 9.70. The molecule has 0 heterocycles. The molecular formula is C8H12BN. The summed E-state index contributed by atoms with van der Waals surface area (Å²) in [5, 5.41) is 0. The Morgan fingerprint density at radius 1 is 1.20 bits per heavy atom. The van der Waals surface area contributed by atoms with E-state index in [4.69, 9.17) is 5.73 Å². The second kappa shape index (κ2) is 3.42. The predicted octanol–water partition coefficient (Wildman–Crippen LogP) is -0.554. The minimum atomic E-state index is 0.739. The lowest BCUT2D eigenvalue weighted by atomic mass is 9.95. The molecule has 10 heavy (non-hydrogen) atoms. The Kier molecular flexibility index (Phi) is 2.52. The Morgan fingerprint density at radius 2 is 1.80 bits per heavy atom. The lowest BCUT2D eigenvalue weighted by Crippen LogP contribution is -2.05. The van der Waals surface area contributed by atoms with Crippen LogP contribution in [0.5, 0.6) is 0 Å². The number of hydrogen-bond donors (Lipinski definition) is 1. The van der Waals surface area contributed by atoms with Gasteiger partial charge >= 0.3 is 0 Å². The van der Waals surface area contributed by atoms with E-state index in [2.05, 4.69) is 32.1 Å². The highest BCUT2D eigenvalue weighted by Crippen LogP contribution is 1.95. The summed E-state index contributed by atoms with van der Waals surface area (Å²) in [6.45, 7) is 0.739. The molecule has 0 atom stereocenters. The number of rotatable bonds is 2. The van der Waals surface area contributed by atoms with Gasteiger partial charge in [0, 0.05) is 0 Å². The van der Waals surface area contributed by atoms with Crippen molar-refractivity contribution in [2.45, 2.75) is 6.42 Å². The summed E-state index contributed by atoms with van der Waals surface area (Å²) in [7, 11) is 2.09. The molecule has 0 bridgehead atoms. The minimum Gasteiger partial charge on any atom is -0.330 e. The second-order valence-corrected chi connectivity index (χ2v) is 2.52. The molecule has 0 saturated heterocycles. The third-order valence-electron chi connectivity index (χ3n) is 1.55. The average Bonchev–Trinajstić information content (AvgIpc) is 1.95. The summed E-state index contributed by atoms with van der Waals surface area (Å²) in [4.78, 5) is 0. The fraction of sp³-hybridized carbons (Fsp3) is 0.250. The molecule has 0 aliphatic rings. The molecule has 0 fully saturated rings. The van der Waals surface area contributed by atoms with Crippen molar-refractivity contribution < 1.29 is 0 Å². The van der Waals surface area contributed by atoms with Crippen LogP contribution in [0.3, 0.4) is 0 Å². The molecule has 0 spiro atoms. The third-order valence-corrected chi connectivity index (χ3v) is 1.55. The van der Waals surface area contributed by atoms with E-state index in [9.17, 15) is 0 Å². The van der Waals surface area contributed by atoms with E-state index in [0.29, 0.717) is 0 Å². The van der Waals surface area contributed by atoms with Crippen LogP contribution in [0.25, 0.3) is 0 Å². The van der Waals surface area contributed by atoms with Gasteiger partial charge in [-0.25, -0.2) is 0 Å². The van der Waals surface area contributed by atoms with E-state index in [-0.39, 0.29) is 0 Å². The lowest BCUT2D eigenvalue weighted by molar-refractivity contribution is 0.969. The first-order valence-corrected chi connectivity index (χ1v) is 3.58. The van der Waals surface area contributed by atoms with Crippen LogP contribution in [0.1, 0.15) is 5.56 Å². The lowest BCUT2D eigenvalue weighted by Gasteiger charge is -1.97. The summed E-state index contributed by atoms with van der Waals surface area (Å²) < 4.78 is 0. The topological polar surface area (TPSA) is 26.0 Å². The highest BCUT2D eigenvalue weighted by Gasteiger charge is 1.88. The van der Waals surface area contributed by atoms with Crippen LogP contribution in [0.15, 0.2) is 24.3 Å². The average molecular weight is 133 g/mol. The second-order valence-electron chi connectivity index (χ2n) is 2.52. The Bertz CT molecular complexity index is 193. The molecule has 1 aromatic rings. The van der Waals surface area contributed by atoms with E-state index in [1.54, 1.807) is 0 Å². The first-order valence-electron chi connectivity index (χ1n) is 3.58. The summed E-state index contributed by atoms with van der Waals surface area (Å²) in [6, 6.07) is 8.49. The Labute approximate surface area is 62.7 Å². The van der Waals surface area contributed by atoms with Crippen molar-refractivity contribution in [3.05, 3.63) is 29.8 Å². The van der Waals surface area contributed by atoms with Crippen LogP contribution in [-0.4, -0.2) is 14.4 Å². The zero-order valence-corrected chi connectivity index (χ0v) is 6.30. The smallest absolute Gasteiger partial charge is 0.139 e. The van der Waals surface area contributed by atoms with E-state index in [1.807, 2.05) is 0 Å².